The van der Waals surface area contributed by atoms with Crippen LogP contribution in [0, 0.1) is 5.92 Å². The molecule has 1 aromatic heterocycles. The molecule has 1 aromatic rings. The van der Waals surface area contributed by atoms with Crippen LogP contribution >= 0.6 is 11.6 Å². The summed E-state index contributed by atoms with van der Waals surface area (Å²) in [6.45, 7) is 2.24. The maximum atomic E-state index is 11.6. The first kappa shape index (κ1) is 13.6. The van der Waals surface area contributed by atoms with Crippen LogP contribution in [0.15, 0.2) is 12.3 Å². The number of carbonyl (C=O) groups is 2. The Bertz CT molecular complexity index is 403. The van der Waals surface area contributed by atoms with Gasteiger partial charge in [0.2, 0.25) is 0 Å². The third-order valence-electron chi connectivity index (χ3n) is 2.48. The fourth-order valence-corrected chi connectivity index (χ4v) is 1.60. The van der Waals surface area contributed by atoms with E-state index in [0.717, 1.165) is 0 Å². The van der Waals surface area contributed by atoms with Crippen LogP contribution in [-0.2, 0) is 4.79 Å². The van der Waals surface area contributed by atoms with Crippen molar-refractivity contribution in [2.24, 2.45) is 5.92 Å². The normalized spacial score (nSPS) is 12.1. The molecule has 1 unspecified atom stereocenters. The first-order chi connectivity index (χ1) is 8.02. The highest BCUT2D eigenvalue weighted by atomic mass is 35.5. The number of aromatic amines is 1. The van der Waals surface area contributed by atoms with Crippen molar-refractivity contribution >= 4 is 23.5 Å². The SMILES string of the molecule is CCC(CNC(=O)c1cc(Cl)c[nH]1)CC(=O)O. The number of nitrogens with one attached hydrogen (secondary N) is 2. The van der Waals surface area contributed by atoms with Crippen LogP contribution in [0.25, 0.3) is 0 Å². The molecule has 0 saturated carbocycles. The third-order valence-corrected chi connectivity index (χ3v) is 2.70. The first-order valence-electron chi connectivity index (χ1n) is 5.36. The number of carboxylic acids is 1. The van der Waals surface area contributed by atoms with E-state index in [1.54, 1.807) is 0 Å². The molecule has 94 valence electrons. The van der Waals surface area contributed by atoms with Gasteiger partial charge in [-0.1, -0.05) is 24.9 Å². The number of amides is 1. The Morgan fingerprint density at radius 3 is 2.76 bits per heavy atom. The predicted octanol–water partition coefficient (Wildman–Crippen LogP) is 1.90. The highest BCUT2D eigenvalue weighted by Gasteiger charge is 2.14. The standard InChI is InChI=1S/C11H15ClN2O3/c1-2-7(3-10(15)16)5-14-11(17)9-4-8(12)6-13-9/h4,6-7,13H,2-3,5H2,1H3,(H,14,17)(H,15,16). The average Bonchev–Trinajstić information content (AvgIpc) is 2.70. The van der Waals surface area contributed by atoms with Gasteiger partial charge in [0, 0.05) is 19.2 Å². The van der Waals surface area contributed by atoms with Gasteiger partial charge in [-0.15, -0.1) is 0 Å². The lowest BCUT2D eigenvalue weighted by atomic mass is 10.0. The Labute approximate surface area is 104 Å². The van der Waals surface area contributed by atoms with Crippen molar-refractivity contribution in [1.29, 1.82) is 0 Å². The van der Waals surface area contributed by atoms with Gasteiger partial charge < -0.3 is 15.4 Å². The highest BCUT2D eigenvalue weighted by Crippen LogP contribution is 2.10. The molecule has 6 heteroatoms. The molecule has 0 aliphatic rings. The van der Waals surface area contributed by atoms with E-state index in [-0.39, 0.29) is 18.2 Å². The van der Waals surface area contributed by atoms with Crippen molar-refractivity contribution in [2.75, 3.05) is 6.54 Å². The largest absolute Gasteiger partial charge is 0.481 e. The van der Waals surface area contributed by atoms with Crippen LogP contribution in [0.2, 0.25) is 5.02 Å². The number of rotatable bonds is 6. The Morgan fingerprint density at radius 2 is 2.29 bits per heavy atom. The van der Waals surface area contributed by atoms with Gasteiger partial charge in [0.15, 0.2) is 0 Å². The summed E-state index contributed by atoms with van der Waals surface area (Å²) >= 11 is 5.67. The van der Waals surface area contributed by atoms with E-state index in [9.17, 15) is 9.59 Å². The van der Waals surface area contributed by atoms with Crippen molar-refractivity contribution in [1.82, 2.24) is 10.3 Å². The zero-order valence-corrected chi connectivity index (χ0v) is 10.3. The van der Waals surface area contributed by atoms with Crippen LogP contribution in [0.3, 0.4) is 0 Å². The topological polar surface area (TPSA) is 82.2 Å². The maximum absolute atomic E-state index is 11.6. The number of H-pyrrole nitrogens is 1. The molecule has 17 heavy (non-hydrogen) atoms. The molecule has 0 spiro atoms. The van der Waals surface area contributed by atoms with Crippen LogP contribution in [0.4, 0.5) is 0 Å². The zero-order chi connectivity index (χ0) is 12.8. The summed E-state index contributed by atoms with van der Waals surface area (Å²) < 4.78 is 0. The molecule has 0 radical (unpaired) electrons. The number of carboxylic acid groups (broad SMARTS) is 1. The Balaban J connectivity index is 2.44. The molecule has 0 aliphatic carbocycles. The molecule has 3 N–H and O–H groups in total. The van der Waals surface area contributed by atoms with Gasteiger partial charge in [0.05, 0.1) is 5.02 Å². The van der Waals surface area contributed by atoms with Gasteiger partial charge in [-0.3, -0.25) is 9.59 Å². The summed E-state index contributed by atoms with van der Waals surface area (Å²) in [6, 6.07) is 1.52. The van der Waals surface area contributed by atoms with E-state index in [2.05, 4.69) is 10.3 Å². The number of carbonyl (C=O) groups excluding carboxylic acids is 1. The summed E-state index contributed by atoms with van der Waals surface area (Å²) in [5.74, 6) is -1.18. The van der Waals surface area contributed by atoms with E-state index in [1.165, 1.54) is 12.3 Å². The molecule has 1 atom stereocenters. The van der Waals surface area contributed by atoms with Gasteiger partial charge in [-0.2, -0.15) is 0 Å². The van der Waals surface area contributed by atoms with Crippen LogP contribution in [-0.4, -0.2) is 28.5 Å². The fraction of sp³-hybridized carbons (Fsp3) is 0.455. The van der Waals surface area contributed by atoms with Gasteiger partial charge >= 0.3 is 5.97 Å². The summed E-state index contributed by atoms with van der Waals surface area (Å²) in [4.78, 5) is 24.9. The van der Waals surface area contributed by atoms with Crippen LogP contribution in [0.1, 0.15) is 30.3 Å². The summed E-state index contributed by atoms with van der Waals surface area (Å²) in [5, 5.41) is 11.8. The molecule has 1 amide bonds. The van der Waals surface area contributed by atoms with E-state index < -0.39 is 5.97 Å². The molecular formula is C11H15ClN2O3. The first-order valence-corrected chi connectivity index (χ1v) is 5.74. The number of aliphatic carboxylic acids is 1. The van der Waals surface area contributed by atoms with E-state index >= 15 is 0 Å². The van der Waals surface area contributed by atoms with Crippen molar-refractivity contribution < 1.29 is 14.7 Å². The van der Waals surface area contributed by atoms with Crippen molar-refractivity contribution in [3.63, 3.8) is 0 Å². The van der Waals surface area contributed by atoms with Crippen molar-refractivity contribution in [3.8, 4) is 0 Å². The molecule has 0 aromatic carbocycles. The molecule has 1 rings (SSSR count). The number of halogens is 1. The quantitative estimate of drug-likeness (QED) is 0.729. The highest BCUT2D eigenvalue weighted by molar-refractivity contribution is 6.30. The monoisotopic (exact) mass is 258 g/mol. The summed E-state index contributed by atoms with van der Waals surface area (Å²) in [7, 11) is 0. The molecule has 0 aliphatic heterocycles. The van der Waals surface area contributed by atoms with Gasteiger partial charge in [-0.25, -0.2) is 0 Å². The number of hydrogen-bond donors (Lipinski definition) is 3. The second-order valence-electron chi connectivity index (χ2n) is 3.81. The van der Waals surface area contributed by atoms with E-state index in [1.807, 2.05) is 6.92 Å². The fourth-order valence-electron chi connectivity index (χ4n) is 1.44. The predicted molar refractivity (Wildman–Crippen MR) is 64.2 cm³/mol. The van der Waals surface area contributed by atoms with Gasteiger partial charge in [-0.05, 0) is 12.0 Å². The lowest BCUT2D eigenvalue weighted by Gasteiger charge is -2.12. The average molecular weight is 259 g/mol. The molecule has 0 bridgehead atoms. The minimum Gasteiger partial charge on any atom is -0.481 e. The molecular weight excluding hydrogens is 244 g/mol. The van der Waals surface area contributed by atoms with E-state index in [0.29, 0.717) is 23.7 Å². The van der Waals surface area contributed by atoms with E-state index in [4.69, 9.17) is 16.7 Å². The lowest BCUT2D eigenvalue weighted by Crippen LogP contribution is -2.30. The number of hydrogen-bond acceptors (Lipinski definition) is 2. The second kappa shape index (κ2) is 6.30. The Hall–Kier alpha value is -1.49. The molecule has 0 fully saturated rings. The van der Waals surface area contributed by atoms with Gasteiger partial charge in [0.25, 0.3) is 5.91 Å². The molecule has 5 nitrogen and oxygen atoms in total. The third kappa shape index (κ3) is 4.48. The number of aromatic nitrogens is 1. The van der Waals surface area contributed by atoms with Gasteiger partial charge in [0.1, 0.15) is 5.69 Å². The summed E-state index contributed by atoms with van der Waals surface area (Å²) in [6.07, 6.45) is 2.28. The summed E-state index contributed by atoms with van der Waals surface area (Å²) in [5.41, 5.74) is 0.375. The van der Waals surface area contributed by atoms with Crippen LogP contribution in [0.5, 0.6) is 0 Å². The lowest BCUT2D eigenvalue weighted by molar-refractivity contribution is -0.138. The second-order valence-corrected chi connectivity index (χ2v) is 4.25. The Morgan fingerprint density at radius 1 is 1.59 bits per heavy atom. The minimum atomic E-state index is -0.853. The van der Waals surface area contributed by atoms with Crippen molar-refractivity contribution in [3.05, 3.63) is 23.0 Å². The maximum Gasteiger partial charge on any atom is 0.303 e. The Kier molecular flexibility index (Phi) is 5.03. The van der Waals surface area contributed by atoms with Crippen LogP contribution < -0.4 is 5.32 Å². The smallest absolute Gasteiger partial charge is 0.303 e. The minimum absolute atomic E-state index is 0.0538. The van der Waals surface area contributed by atoms with Crippen molar-refractivity contribution in [2.45, 2.75) is 19.8 Å². The molecule has 1 heterocycles. The molecule has 0 saturated heterocycles. The zero-order valence-electron chi connectivity index (χ0n) is 9.50.